The monoisotopic (exact) mass is 763 g/mol. The Bertz CT molecular complexity index is 3210. The van der Waals surface area contributed by atoms with Gasteiger partial charge < -0.3 is 0 Å². The SMILES string of the molecule is c1ccc(-c2ccc(-c3cc(-c4ccc(-c5nc6ccc(-c7ccccc7)cc6c6c5ccc5ccccc56)cc4)nc(-c4ccc(-c5ccccc5)cc4)n3)cc2)cc1. The fourth-order valence-corrected chi connectivity index (χ4v) is 8.38. The van der Waals surface area contributed by atoms with E-state index in [-0.39, 0.29) is 0 Å². The van der Waals surface area contributed by atoms with Crippen LogP contribution in [0.5, 0.6) is 0 Å². The molecule has 0 bridgehead atoms. The molecule has 60 heavy (non-hydrogen) atoms. The second-order valence-corrected chi connectivity index (χ2v) is 15.2. The Morgan fingerprint density at radius 2 is 0.700 bits per heavy atom. The van der Waals surface area contributed by atoms with E-state index < -0.39 is 0 Å². The van der Waals surface area contributed by atoms with Crippen molar-refractivity contribution in [2.24, 2.45) is 0 Å². The van der Waals surface area contributed by atoms with Crippen LogP contribution in [0, 0.1) is 0 Å². The Morgan fingerprint density at radius 1 is 0.250 bits per heavy atom. The first kappa shape index (κ1) is 35.2. The number of aromatic nitrogens is 3. The molecule has 0 saturated carbocycles. The number of fused-ring (bicyclic) bond motifs is 5. The molecule has 2 aromatic heterocycles. The molecular weight excluding hydrogens is 727 g/mol. The van der Waals surface area contributed by atoms with Gasteiger partial charge in [0.2, 0.25) is 0 Å². The Morgan fingerprint density at radius 3 is 1.28 bits per heavy atom. The molecule has 0 atom stereocenters. The van der Waals surface area contributed by atoms with Crippen LogP contribution < -0.4 is 0 Å². The molecular formula is C57H37N3. The van der Waals surface area contributed by atoms with Crippen molar-refractivity contribution in [2.45, 2.75) is 0 Å². The predicted octanol–water partition coefficient (Wildman–Crippen LogP) is 15.0. The number of hydrogen-bond acceptors (Lipinski definition) is 3. The van der Waals surface area contributed by atoms with Gasteiger partial charge in [-0.25, -0.2) is 15.0 Å². The molecule has 0 saturated heterocycles. The summed E-state index contributed by atoms with van der Waals surface area (Å²) in [5, 5.41) is 5.93. The van der Waals surface area contributed by atoms with Crippen molar-refractivity contribution in [2.75, 3.05) is 0 Å². The molecule has 0 N–H and O–H groups in total. The summed E-state index contributed by atoms with van der Waals surface area (Å²) < 4.78 is 0. The van der Waals surface area contributed by atoms with Gasteiger partial charge in [-0.1, -0.05) is 206 Å². The number of hydrogen-bond donors (Lipinski definition) is 0. The van der Waals surface area contributed by atoms with E-state index in [1.54, 1.807) is 0 Å². The molecule has 3 heteroatoms. The fourth-order valence-electron chi connectivity index (χ4n) is 8.38. The van der Waals surface area contributed by atoms with Crippen LogP contribution in [0.25, 0.3) is 111 Å². The largest absolute Gasteiger partial charge is 0.247 e. The van der Waals surface area contributed by atoms with Crippen molar-refractivity contribution >= 4 is 32.4 Å². The zero-order valence-corrected chi connectivity index (χ0v) is 32.7. The highest BCUT2D eigenvalue weighted by atomic mass is 14.9. The van der Waals surface area contributed by atoms with E-state index in [1.165, 1.54) is 44.0 Å². The first-order valence-corrected chi connectivity index (χ1v) is 20.3. The third-order valence-electron chi connectivity index (χ3n) is 11.5. The fraction of sp³-hybridized carbons (Fsp3) is 0. The lowest BCUT2D eigenvalue weighted by atomic mass is 9.93. The average molecular weight is 764 g/mol. The summed E-state index contributed by atoms with van der Waals surface area (Å²) in [4.78, 5) is 15.7. The molecule has 0 radical (unpaired) electrons. The average Bonchev–Trinajstić information content (AvgIpc) is 3.34. The lowest BCUT2D eigenvalue weighted by Gasteiger charge is -2.14. The zero-order valence-electron chi connectivity index (χ0n) is 32.7. The van der Waals surface area contributed by atoms with Gasteiger partial charge in [0.25, 0.3) is 0 Å². The Balaban J connectivity index is 1.02. The van der Waals surface area contributed by atoms with Crippen molar-refractivity contribution in [1.82, 2.24) is 15.0 Å². The highest BCUT2D eigenvalue weighted by molar-refractivity contribution is 6.22. The van der Waals surface area contributed by atoms with E-state index in [4.69, 9.17) is 15.0 Å². The summed E-state index contributed by atoms with van der Waals surface area (Å²) in [6.45, 7) is 0. The van der Waals surface area contributed by atoms with E-state index in [1.807, 2.05) is 12.1 Å². The highest BCUT2D eigenvalue weighted by Crippen LogP contribution is 2.39. The molecule has 0 aliphatic rings. The van der Waals surface area contributed by atoms with Gasteiger partial charge in [-0.15, -0.1) is 0 Å². The Kier molecular flexibility index (Phi) is 8.83. The van der Waals surface area contributed by atoms with E-state index >= 15 is 0 Å². The molecule has 3 nitrogen and oxygen atoms in total. The molecule has 280 valence electrons. The van der Waals surface area contributed by atoms with Crippen LogP contribution in [-0.4, -0.2) is 15.0 Å². The topological polar surface area (TPSA) is 38.7 Å². The first-order chi connectivity index (χ1) is 29.7. The smallest absolute Gasteiger partial charge is 0.160 e. The van der Waals surface area contributed by atoms with Crippen molar-refractivity contribution in [3.8, 4) is 78.5 Å². The minimum absolute atomic E-state index is 0.683. The second kappa shape index (κ2) is 15.1. The normalized spacial score (nSPS) is 11.3. The van der Waals surface area contributed by atoms with E-state index in [9.17, 15) is 0 Å². The van der Waals surface area contributed by atoms with Crippen LogP contribution in [0.15, 0.2) is 224 Å². The third kappa shape index (κ3) is 6.58. The van der Waals surface area contributed by atoms with Gasteiger partial charge in [-0.3, -0.25) is 0 Å². The van der Waals surface area contributed by atoms with Crippen LogP contribution in [0.4, 0.5) is 0 Å². The maximum atomic E-state index is 5.36. The molecule has 0 fully saturated rings. The summed E-state index contributed by atoms with van der Waals surface area (Å²) >= 11 is 0. The Labute approximate surface area is 349 Å². The van der Waals surface area contributed by atoms with Crippen LogP contribution in [0.1, 0.15) is 0 Å². The summed E-state index contributed by atoms with van der Waals surface area (Å²) in [5.74, 6) is 0.683. The van der Waals surface area contributed by atoms with Crippen LogP contribution in [0.2, 0.25) is 0 Å². The quantitative estimate of drug-likeness (QED) is 0.152. The molecule has 9 aromatic carbocycles. The summed E-state index contributed by atoms with van der Waals surface area (Å²) in [7, 11) is 0. The summed E-state index contributed by atoms with van der Waals surface area (Å²) in [5.41, 5.74) is 14.8. The van der Waals surface area contributed by atoms with Crippen molar-refractivity contribution in [3.05, 3.63) is 224 Å². The maximum absolute atomic E-state index is 5.36. The number of rotatable bonds is 7. The van der Waals surface area contributed by atoms with Gasteiger partial charge in [0.1, 0.15) is 0 Å². The van der Waals surface area contributed by atoms with Gasteiger partial charge in [-0.05, 0) is 62.4 Å². The zero-order chi connectivity index (χ0) is 39.8. The van der Waals surface area contributed by atoms with Gasteiger partial charge in [0.05, 0.1) is 22.6 Å². The maximum Gasteiger partial charge on any atom is 0.160 e. The van der Waals surface area contributed by atoms with Gasteiger partial charge >= 0.3 is 0 Å². The lowest BCUT2D eigenvalue weighted by molar-refractivity contribution is 1.18. The number of nitrogens with zero attached hydrogens (tertiary/aromatic N) is 3. The van der Waals surface area contributed by atoms with Gasteiger partial charge in [-0.2, -0.15) is 0 Å². The van der Waals surface area contributed by atoms with Crippen molar-refractivity contribution in [3.63, 3.8) is 0 Å². The third-order valence-corrected chi connectivity index (χ3v) is 11.5. The Hall–Kier alpha value is -8.01. The lowest BCUT2D eigenvalue weighted by Crippen LogP contribution is -1.96. The molecule has 2 heterocycles. The van der Waals surface area contributed by atoms with Crippen LogP contribution in [-0.2, 0) is 0 Å². The van der Waals surface area contributed by atoms with Gasteiger partial charge in [0.15, 0.2) is 5.82 Å². The number of benzene rings is 9. The molecule has 0 spiro atoms. The van der Waals surface area contributed by atoms with E-state index in [2.05, 4.69) is 212 Å². The molecule has 11 rings (SSSR count). The minimum atomic E-state index is 0.683. The van der Waals surface area contributed by atoms with Crippen LogP contribution in [0.3, 0.4) is 0 Å². The van der Waals surface area contributed by atoms with Crippen molar-refractivity contribution in [1.29, 1.82) is 0 Å². The highest BCUT2D eigenvalue weighted by Gasteiger charge is 2.16. The summed E-state index contributed by atoms with van der Waals surface area (Å²) in [6.07, 6.45) is 0. The number of pyridine rings is 1. The second-order valence-electron chi connectivity index (χ2n) is 15.2. The molecule has 0 aliphatic heterocycles. The minimum Gasteiger partial charge on any atom is -0.247 e. The van der Waals surface area contributed by atoms with E-state index in [0.717, 1.165) is 61.2 Å². The van der Waals surface area contributed by atoms with Crippen molar-refractivity contribution < 1.29 is 0 Å². The van der Waals surface area contributed by atoms with Gasteiger partial charge in [0, 0.05) is 38.4 Å². The molecule has 0 aliphatic carbocycles. The van der Waals surface area contributed by atoms with Crippen LogP contribution >= 0.6 is 0 Å². The summed E-state index contributed by atoms with van der Waals surface area (Å²) in [6, 6.07) is 79.2. The molecule has 11 aromatic rings. The van der Waals surface area contributed by atoms with E-state index in [0.29, 0.717) is 5.82 Å². The molecule has 0 amide bonds. The first-order valence-electron chi connectivity index (χ1n) is 20.3. The molecule has 0 unspecified atom stereocenters. The standard InChI is InChI=1S/C57H37N3/c1-4-12-38(13-5-1)41-20-24-44(25-21-41)53-37-54(60-57(59-53)47-30-22-42(23-31-47)39-14-6-2-7-15-39)45-26-28-46(29-27-45)56-50-34-32-43-18-10-11-19-49(43)55(50)51-36-48(33-35-52(51)58-56)40-16-8-3-9-17-40/h1-37H. The predicted molar refractivity (Wildman–Crippen MR) is 250 cm³/mol.